The fourth-order valence-corrected chi connectivity index (χ4v) is 1.74. The van der Waals surface area contributed by atoms with Crippen LogP contribution >= 0.6 is 0 Å². The quantitative estimate of drug-likeness (QED) is 0.375. The fourth-order valence-electron chi connectivity index (χ4n) is 1.74. The molecule has 0 heterocycles. The van der Waals surface area contributed by atoms with Crippen LogP contribution in [-0.4, -0.2) is 11.8 Å². The second-order valence-electron chi connectivity index (χ2n) is 4.57. The van der Waals surface area contributed by atoms with Crippen molar-refractivity contribution in [3.05, 3.63) is 71.3 Å². The smallest absolute Gasteiger partial charge is 0.336 e. The van der Waals surface area contributed by atoms with E-state index in [9.17, 15) is 9.59 Å². The molecule has 0 amide bonds. The number of carbonyl (C=O) groups excluding carboxylic acids is 2. The molecule has 2 rings (SSSR count). The highest BCUT2D eigenvalue weighted by Gasteiger charge is 2.03. The highest BCUT2D eigenvalue weighted by Crippen LogP contribution is 2.13. The molecule has 22 heavy (non-hydrogen) atoms. The molecule has 0 atom stereocenters. The summed E-state index contributed by atoms with van der Waals surface area (Å²) in [5, 5.41) is 8.70. The van der Waals surface area contributed by atoms with Crippen molar-refractivity contribution >= 4 is 17.8 Å². The predicted octanol–water partition coefficient (Wildman–Crippen LogP) is 3.38. The number of nitriles is 1. The molecule has 0 unspecified atom stereocenters. The molecule has 108 valence electrons. The first-order valence-corrected chi connectivity index (χ1v) is 6.59. The Morgan fingerprint density at radius 1 is 1.05 bits per heavy atom. The van der Waals surface area contributed by atoms with Gasteiger partial charge in [-0.1, -0.05) is 12.1 Å². The molecule has 4 heteroatoms. The van der Waals surface area contributed by atoms with Crippen LogP contribution in [0.15, 0.2) is 54.6 Å². The number of carbonyl (C=O) groups is 2. The van der Waals surface area contributed by atoms with E-state index in [0.29, 0.717) is 16.9 Å². The van der Waals surface area contributed by atoms with Crippen LogP contribution in [0.1, 0.15) is 28.4 Å². The SMILES string of the molecule is CC(=O)c1ccc(OC(=O)/C=C/c2ccc(C#N)cc2)cc1. The first-order chi connectivity index (χ1) is 10.6. The van der Waals surface area contributed by atoms with E-state index in [4.69, 9.17) is 10.00 Å². The van der Waals surface area contributed by atoms with Crippen LogP contribution in [0.4, 0.5) is 0 Å². The molecule has 0 bridgehead atoms. The maximum atomic E-state index is 11.7. The maximum Gasteiger partial charge on any atom is 0.336 e. The van der Waals surface area contributed by atoms with Crippen molar-refractivity contribution in [1.29, 1.82) is 5.26 Å². The van der Waals surface area contributed by atoms with Crippen LogP contribution in [0.2, 0.25) is 0 Å². The minimum Gasteiger partial charge on any atom is -0.423 e. The van der Waals surface area contributed by atoms with E-state index >= 15 is 0 Å². The zero-order valence-corrected chi connectivity index (χ0v) is 11.9. The van der Waals surface area contributed by atoms with E-state index in [0.717, 1.165) is 5.56 Å². The number of hydrogen-bond donors (Lipinski definition) is 0. The summed E-state index contributed by atoms with van der Waals surface area (Å²) in [5.41, 5.74) is 1.92. The molecule has 0 aliphatic carbocycles. The van der Waals surface area contributed by atoms with Gasteiger partial charge < -0.3 is 4.74 Å². The lowest BCUT2D eigenvalue weighted by atomic mass is 10.1. The van der Waals surface area contributed by atoms with Gasteiger partial charge in [0.2, 0.25) is 0 Å². The second kappa shape index (κ2) is 7.00. The number of esters is 1. The van der Waals surface area contributed by atoms with E-state index in [1.165, 1.54) is 13.0 Å². The minimum atomic E-state index is -0.514. The first-order valence-electron chi connectivity index (χ1n) is 6.59. The monoisotopic (exact) mass is 291 g/mol. The molecule has 4 nitrogen and oxygen atoms in total. The largest absolute Gasteiger partial charge is 0.423 e. The normalized spacial score (nSPS) is 10.2. The first kappa shape index (κ1) is 15.2. The molecular formula is C18H13NO3. The molecule has 0 fully saturated rings. The molecule has 0 N–H and O–H groups in total. The van der Waals surface area contributed by atoms with Crippen LogP contribution in [0.25, 0.3) is 6.08 Å². The number of ether oxygens (including phenoxy) is 1. The molecule has 0 radical (unpaired) electrons. The average molecular weight is 291 g/mol. The Morgan fingerprint density at radius 2 is 1.68 bits per heavy atom. The third-order valence-electron chi connectivity index (χ3n) is 2.93. The molecule has 2 aromatic carbocycles. The van der Waals surface area contributed by atoms with E-state index in [-0.39, 0.29) is 5.78 Å². The number of rotatable bonds is 4. The summed E-state index contributed by atoms with van der Waals surface area (Å²) in [5.74, 6) is -0.182. The van der Waals surface area contributed by atoms with Crippen LogP contribution < -0.4 is 4.74 Å². The topological polar surface area (TPSA) is 67.2 Å². The third-order valence-corrected chi connectivity index (χ3v) is 2.93. The third kappa shape index (κ3) is 4.15. The molecular weight excluding hydrogens is 278 g/mol. The summed E-state index contributed by atoms with van der Waals surface area (Å²) in [6.07, 6.45) is 2.91. The van der Waals surface area contributed by atoms with Gasteiger partial charge in [-0.2, -0.15) is 5.26 Å². The van der Waals surface area contributed by atoms with E-state index in [2.05, 4.69) is 0 Å². The van der Waals surface area contributed by atoms with Crippen molar-refractivity contribution in [2.75, 3.05) is 0 Å². The van der Waals surface area contributed by atoms with Gasteiger partial charge in [-0.3, -0.25) is 4.79 Å². The zero-order valence-electron chi connectivity index (χ0n) is 11.9. The van der Waals surface area contributed by atoms with Crippen LogP contribution in [0.3, 0.4) is 0 Å². The Morgan fingerprint density at radius 3 is 2.23 bits per heavy atom. The Bertz CT molecular complexity index is 750. The van der Waals surface area contributed by atoms with Crippen molar-refractivity contribution in [2.24, 2.45) is 0 Å². The Hall–Kier alpha value is -3.19. The Balaban J connectivity index is 1.98. The molecule has 0 saturated heterocycles. The fraction of sp³-hybridized carbons (Fsp3) is 0.0556. The number of hydrogen-bond acceptors (Lipinski definition) is 4. The highest BCUT2D eigenvalue weighted by molar-refractivity contribution is 5.94. The summed E-state index contributed by atoms with van der Waals surface area (Å²) >= 11 is 0. The zero-order chi connectivity index (χ0) is 15.9. The van der Waals surface area contributed by atoms with Crippen molar-refractivity contribution in [3.8, 4) is 11.8 Å². The molecule has 0 saturated carbocycles. The Labute approximate surface area is 128 Å². The van der Waals surface area contributed by atoms with Crippen molar-refractivity contribution in [2.45, 2.75) is 6.92 Å². The lowest BCUT2D eigenvalue weighted by Gasteiger charge is -2.02. The van der Waals surface area contributed by atoms with Crippen molar-refractivity contribution in [1.82, 2.24) is 0 Å². The number of nitrogens with zero attached hydrogens (tertiary/aromatic N) is 1. The van der Waals surface area contributed by atoms with E-state index in [1.54, 1.807) is 54.6 Å². The molecule has 0 aromatic heterocycles. The lowest BCUT2D eigenvalue weighted by molar-refractivity contribution is -0.128. The average Bonchev–Trinajstić information content (AvgIpc) is 2.54. The summed E-state index contributed by atoms with van der Waals surface area (Å²) in [7, 11) is 0. The van der Waals surface area contributed by atoms with Crippen molar-refractivity contribution in [3.63, 3.8) is 0 Å². The van der Waals surface area contributed by atoms with Gasteiger partial charge in [0.1, 0.15) is 5.75 Å². The van der Waals surface area contributed by atoms with Crippen LogP contribution in [-0.2, 0) is 4.79 Å². The molecule has 0 aliphatic rings. The lowest BCUT2D eigenvalue weighted by Crippen LogP contribution is -2.03. The molecule has 0 aliphatic heterocycles. The van der Waals surface area contributed by atoms with Gasteiger partial charge in [-0.15, -0.1) is 0 Å². The number of Topliss-reactive ketones (excluding diaryl/α,β-unsaturated/α-hetero) is 1. The Kier molecular flexibility index (Phi) is 4.84. The molecule has 0 spiro atoms. The van der Waals surface area contributed by atoms with Gasteiger partial charge in [0, 0.05) is 11.6 Å². The summed E-state index contributed by atoms with van der Waals surface area (Å²) in [6, 6.07) is 15.2. The number of ketones is 1. The van der Waals surface area contributed by atoms with Gasteiger partial charge in [-0.05, 0) is 55.0 Å². The van der Waals surface area contributed by atoms with Gasteiger partial charge in [0.25, 0.3) is 0 Å². The van der Waals surface area contributed by atoms with Gasteiger partial charge in [-0.25, -0.2) is 4.79 Å². The minimum absolute atomic E-state index is 0.0430. The van der Waals surface area contributed by atoms with Crippen LogP contribution in [0.5, 0.6) is 5.75 Å². The van der Waals surface area contributed by atoms with E-state index < -0.39 is 5.97 Å². The van der Waals surface area contributed by atoms with Gasteiger partial charge in [0.15, 0.2) is 5.78 Å². The van der Waals surface area contributed by atoms with Crippen molar-refractivity contribution < 1.29 is 14.3 Å². The van der Waals surface area contributed by atoms with Gasteiger partial charge >= 0.3 is 5.97 Å². The van der Waals surface area contributed by atoms with E-state index in [1.807, 2.05) is 6.07 Å². The second-order valence-corrected chi connectivity index (χ2v) is 4.57. The maximum absolute atomic E-state index is 11.7. The molecule has 2 aromatic rings. The number of benzene rings is 2. The summed E-state index contributed by atoms with van der Waals surface area (Å²) in [6.45, 7) is 1.47. The predicted molar refractivity (Wildman–Crippen MR) is 82.3 cm³/mol. The summed E-state index contributed by atoms with van der Waals surface area (Å²) < 4.78 is 5.13. The standard InChI is InChI=1S/C18H13NO3/c1-13(20)16-7-9-17(10-8-16)22-18(21)11-6-14-2-4-15(12-19)5-3-14/h2-11H,1H3/b11-6+. The highest BCUT2D eigenvalue weighted by atomic mass is 16.5. The van der Waals surface area contributed by atoms with Gasteiger partial charge in [0.05, 0.1) is 11.6 Å². The van der Waals surface area contributed by atoms with Crippen LogP contribution in [0, 0.1) is 11.3 Å². The summed E-state index contributed by atoms with van der Waals surface area (Å²) in [4.78, 5) is 22.8.